The van der Waals surface area contributed by atoms with Crippen molar-refractivity contribution in [1.29, 1.82) is 0 Å². The number of rotatable bonds is 8. The van der Waals surface area contributed by atoms with E-state index in [1.165, 1.54) is 75.9 Å². The topological polar surface area (TPSA) is 128 Å². The van der Waals surface area contributed by atoms with E-state index >= 15 is 0 Å². The van der Waals surface area contributed by atoms with Gasteiger partial charge < -0.3 is 14.8 Å². The SMILES string of the molecule is COc1ccc(S(=O)(=O)N(C)c2ccc(C(=O)Nc3cccc([N+](=O)[O-])c3C)cc2)cc1OC. The molecule has 0 radical (unpaired) electrons. The first kappa shape index (κ1) is 24.5. The fourth-order valence-electron chi connectivity index (χ4n) is 3.25. The standard InChI is InChI=1S/C23H23N3O7S/c1-15-19(6-5-7-20(15)26(28)29)24-23(27)16-8-10-17(11-9-16)25(2)34(30,31)18-12-13-21(32-3)22(14-18)33-4/h5-14H,1-4H3,(H,24,27). The lowest BCUT2D eigenvalue weighted by Gasteiger charge is -2.20. The van der Waals surface area contributed by atoms with Gasteiger partial charge in [0.2, 0.25) is 0 Å². The molecule has 34 heavy (non-hydrogen) atoms. The number of nitrogens with zero attached hydrogens (tertiary/aromatic N) is 2. The van der Waals surface area contributed by atoms with Crippen LogP contribution in [0.2, 0.25) is 0 Å². The Morgan fingerprint density at radius 2 is 1.65 bits per heavy atom. The highest BCUT2D eigenvalue weighted by atomic mass is 32.2. The Labute approximate surface area is 196 Å². The fourth-order valence-corrected chi connectivity index (χ4v) is 4.46. The van der Waals surface area contributed by atoms with Gasteiger partial charge in [0.25, 0.3) is 21.6 Å². The maximum Gasteiger partial charge on any atom is 0.274 e. The molecule has 0 saturated carbocycles. The highest BCUT2D eigenvalue weighted by Gasteiger charge is 2.23. The van der Waals surface area contributed by atoms with Gasteiger partial charge in [0, 0.05) is 24.7 Å². The van der Waals surface area contributed by atoms with E-state index in [1.807, 2.05) is 0 Å². The predicted molar refractivity (Wildman–Crippen MR) is 127 cm³/mol. The molecule has 178 valence electrons. The number of nitro groups is 1. The van der Waals surface area contributed by atoms with Gasteiger partial charge in [0.05, 0.1) is 41.0 Å². The Morgan fingerprint density at radius 3 is 2.24 bits per heavy atom. The molecule has 10 nitrogen and oxygen atoms in total. The first-order chi connectivity index (χ1) is 16.1. The monoisotopic (exact) mass is 485 g/mol. The number of nitro benzene ring substituents is 1. The number of amides is 1. The molecule has 0 fully saturated rings. The van der Waals surface area contributed by atoms with E-state index in [-0.39, 0.29) is 21.9 Å². The molecule has 0 unspecified atom stereocenters. The summed E-state index contributed by atoms with van der Waals surface area (Å²) in [6.07, 6.45) is 0. The maximum atomic E-state index is 13.1. The summed E-state index contributed by atoms with van der Waals surface area (Å²) >= 11 is 0. The molecule has 0 saturated heterocycles. The van der Waals surface area contributed by atoms with Crippen LogP contribution in [-0.4, -0.2) is 40.5 Å². The van der Waals surface area contributed by atoms with Crippen LogP contribution in [0, 0.1) is 17.0 Å². The molecule has 0 spiro atoms. The zero-order valence-electron chi connectivity index (χ0n) is 18.9. The third-order valence-electron chi connectivity index (χ3n) is 5.26. The van der Waals surface area contributed by atoms with Gasteiger partial charge in [-0.15, -0.1) is 0 Å². The lowest BCUT2D eigenvalue weighted by atomic mass is 10.1. The van der Waals surface area contributed by atoms with Crippen LogP contribution in [0.1, 0.15) is 15.9 Å². The highest BCUT2D eigenvalue weighted by Crippen LogP contribution is 2.32. The quantitative estimate of drug-likeness (QED) is 0.377. The van der Waals surface area contributed by atoms with Gasteiger partial charge >= 0.3 is 0 Å². The summed E-state index contributed by atoms with van der Waals surface area (Å²) in [4.78, 5) is 23.2. The number of carbonyl (C=O) groups is 1. The van der Waals surface area contributed by atoms with Crippen molar-refractivity contribution in [1.82, 2.24) is 0 Å². The van der Waals surface area contributed by atoms with Gasteiger partial charge in [-0.25, -0.2) is 8.42 Å². The van der Waals surface area contributed by atoms with Crippen LogP contribution < -0.4 is 19.1 Å². The number of hydrogen-bond acceptors (Lipinski definition) is 7. The number of sulfonamides is 1. The molecule has 11 heteroatoms. The number of hydrogen-bond donors (Lipinski definition) is 1. The smallest absolute Gasteiger partial charge is 0.274 e. The van der Waals surface area contributed by atoms with Crippen LogP contribution in [0.25, 0.3) is 0 Å². The molecule has 1 N–H and O–H groups in total. The van der Waals surface area contributed by atoms with Crippen molar-refractivity contribution in [2.24, 2.45) is 0 Å². The second kappa shape index (κ2) is 9.79. The van der Waals surface area contributed by atoms with E-state index in [2.05, 4.69) is 5.32 Å². The first-order valence-electron chi connectivity index (χ1n) is 9.96. The molecule has 3 aromatic rings. The van der Waals surface area contributed by atoms with Gasteiger partial charge in [0.1, 0.15) is 0 Å². The molecular formula is C23H23N3O7S. The molecular weight excluding hydrogens is 462 g/mol. The Kier molecular flexibility index (Phi) is 7.06. The van der Waals surface area contributed by atoms with Gasteiger partial charge in [0.15, 0.2) is 11.5 Å². The summed E-state index contributed by atoms with van der Waals surface area (Å²) in [5.74, 6) is 0.194. The van der Waals surface area contributed by atoms with Gasteiger partial charge in [-0.3, -0.25) is 19.2 Å². The Bertz CT molecular complexity index is 1340. The van der Waals surface area contributed by atoms with E-state index in [9.17, 15) is 23.3 Å². The number of benzene rings is 3. The van der Waals surface area contributed by atoms with E-state index < -0.39 is 20.9 Å². The van der Waals surface area contributed by atoms with Crippen LogP contribution in [0.4, 0.5) is 17.1 Å². The molecule has 0 aliphatic heterocycles. The maximum absolute atomic E-state index is 13.1. The summed E-state index contributed by atoms with van der Waals surface area (Å²) in [7, 11) is 0.348. The molecule has 0 aliphatic carbocycles. The van der Waals surface area contributed by atoms with Gasteiger partial charge in [-0.2, -0.15) is 0 Å². The average Bonchev–Trinajstić information content (AvgIpc) is 2.84. The van der Waals surface area contributed by atoms with E-state index in [0.29, 0.717) is 22.7 Å². The van der Waals surface area contributed by atoms with Crippen LogP contribution in [0.15, 0.2) is 65.6 Å². The summed E-state index contributed by atoms with van der Waals surface area (Å²) in [5, 5.41) is 13.8. The fraction of sp³-hybridized carbons (Fsp3) is 0.174. The lowest BCUT2D eigenvalue weighted by Crippen LogP contribution is -2.26. The summed E-state index contributed by atoms with van der Waals surface area (Å²) < 4.78 is 37.6. The Hall–Kier alpha value is -4.12. The minimum Gasteiger partial charge on any atom is -0.493 e. The van der Waals surface area contributed by atoms with Crippen LogP contribution in [-0.2, 0) is 10.0 Å². The van der Waals surface area contributed by atoms with Gasteiger partial charge in [-0.05, 0) is 49.4 Å². The third-order valence-corrected chi connectivity index (χ3v) is 7.04. The summed E-state index contributed by atoms with van der Waals surface area (Å²) in [6.45, 7) is 1.55. The summed E-state index contributed by atoms with van der Waals surface area (Å²) in [6, 6.07) is 14.6. The number of ether oxygens (including phenoxy) is 2. The lowest BCUT2D eigenvalue weighted by molar-refractivity contribution is -0.385. The second-order valence-corrected chi connectivity index (χ2v) is 9.17. The molecule has 0 aromatic heterocycles. The van der Waals surface area contributed by atoms with E-state index in [0.717, 1.165) is 4.31 Å². The van der Waals surface area contributed by atoms with Crippen molar-refractivity contribution in [2.75, 3.05) is 30.9 Å². The van der Waals surface area contributed by atoms with Crippen molar-refractivity contribution in [3.05, 3.63) is 81.9 Å². The number of methoxy groups -OCH3 is 2. The number of anilines is 2. The molecule has 0 heterocycles. The average molecular weight is 486 g/mol. The Morgan fingerprint density at radius 1 is 1.00 bits per heavy atom. The van der Waals surface area contributed by atoms with Crippen molar-refractivity contribution in [3.63, 3.8) is 0 Å². The summed E-state index contributed by atoms with van der Waals surface area (Å²) in [5.41, 5.74) is 1.13. The normalized spacial score (nSPS) is 10.9. The largest absolute Gasteiger partial charge is 0.493 e. The minimum absolute atomic E-state index is 0.00983. The third kappa shape index (κ3) is 4.79. The molecule has 0 atom stereocenters. The number of nitrogens with one attached hydrogen (secondary N) is 1. The molecule has 3 aromatic carbocycles. The predicted octanol–water partition coefficient (Wildman–Crippen LogP) is 4.00. The van der Waals surface area contributed by atoms with Crippen molar-refractivity contribution < 1.29 is 27.6 Å². The molecule has 0 aliphatic rings. The minimum atomic E-state index is -3.92. The second-order valence-electron chi connectivity index (χ2n) is 7.20. The van der Waals surface area contributed by atoms with Crippen molar-refractivity contribution in [2.45, 2.75) is 11.8 Å². The highest BCUT2D eigenvalue weighted by molar-refractivity contribution is 7.92. The molecule has 1 amide bonds. The van der Waals surface area contributed by atoms with Crippen molar-refractivity contribution >= 4 is 33.0 Å². The Balaban J connectivity index is 1.82. The van der Waals surface area contributed by atoms with Crippen molar-refractivity contribution in [3.8, 4) is 11.5 Å². The number of carbonyl (C=O) groups excluding carboxylic acids is 1. The molecule has 3 rings (SSSR count). The molecule has 0 bridgehead atoms. The van der Waals surface area contributed by atoms with E-state index in [1.54, 1.807) is 13.0 Å². The van der Waals surface area contributed by atoms with E-state index in [4.69, 9.17) is 9.47 Å². The zero-order chi connectivity index (χ0) is 25.0. The van der Waals surface area contributed by atoms with Crippen LogP contribution >= 0.6 is 0 Å². The van der Waals surface area contributed by atoms with Gasteiger partial charge in [-0.1, -0.05) is 6.07 Å². The zero-order valence-corrected chi connectivity index (χ0v) is 19.8. The van der Waals surface area contributed by atoms with Crippen LogP contribution in [0.3, 0.4) is 0 Å². The van der Waals surface area contributed by atoms with Crippen LogP contribution in [0.5, 0.6) is 11.5 Å². The first-order valence-corrected chi connectivity index (χ1v) is 11.4.